The van der Waals surface area contributed by atoms with Crippen molar-refractivity contribution in [2.45, 2.75) is 25.9 Å². The van der Waals surface area contributed by atoms with E-state index in [1.54, 1.807) is 0 Å². The van der Waals surface area contributed by atoms with Gasteiger partial charge in [0.2, 0.25) is 0 Å². The molecule has 0 bridgehead atoms. The van der Waals surface area contributed by atoms with E-state index in [1.807, 2.05) is 6.92 Å². The van der Waals surface area contributed by atoms with E-state index in [9.17, 15) is 4.79 Å². The molecule has 58 valence electrons. The number of hydrogen-bond acceptors (Lipinski definition) is 3. The molecular formula is C7H13NO2. The number of nitrogens with two attached hydrogens (primary N) is 1. The van der Waals surface area contributed by atoms with Gasteiger partial charge in [-0.05, 0) is 12.8 Å². The molecule has 1 heterocycles. The maximum Gasteiger partial charge on any atom is 0.309 e. The Balaban J connectivity index is 2.44. The molecule has 0 radical (unpaired) electrons. The van der Waals surface area contributed by atoms with Gasteiger partial charge < -0.3 is 10.5 Å². The Labute approximate surface area is 60.5 Å². The molecule has 0 spiro atoms. The molecule has 0 saturated carbocycles. The highest BCUT2D eigenvalue weighted by Crippen LogP contribution is 2.22. The van der Waals surface area contributed by atoms with Gasteiger partial charge in [-0.25, -0.2) is 0 Å². The maximum atomic E-state index is 10.9. The molecule has 0 aromatic carbocycles. The van der Waals surface area contributed by atoms with Gasteiger partial charge in [-0.3, -0.25) is 4.79 Å². The Bertz CT molecular complexity index is 136. The monoisotopic (exact) mass is 143 g/mol. The van der Waals surface area contributed by atoms with E-state index in [-0.39, 0.29) is 18.0 Å². The van der Waals surface area contributed by atoms with Crippen LogP contribution in [0.1, 0.15) is 19.8 Å². The molecule has 3 heteroatoms. The lowest BCUT2D eigenvalue weighted by Gasteiger charge is -2.01. The molecule has 1 rings (SSSR count). The standard InChI is InChI=1S/C7H13NO2/c1-2-5-3-6(4-8)10-7(5)9/h5-6H,2-4,8H2,1H3/t5-,6+/m1/s1. The fraction of sp³-hybridized carbons (Fsp3) is 0.857. The minimum absolute atomic E-state index is 0.0163. The van der Waals surface area contributed by atoms with Gasteiger partial charge in [0.15, 0.2) is 0 Å². The third-order valence-corrected chi connectivity index (χ3v) is 1.92. The van der Waals surface area contributed by atoms with Gasteiger partial charge in [0, 0.05) is 6.54 Å². The summed E-state index contributed by atoms with van der Waals surface area (Å²) in [7, 11) is 0. The van der Waals surface area contributed by atoms with E-state index >= 15 is 0 Å². The van der Waals surface area contributed by atoms with Gasteiger partial charge >= 0.3 is 5.97 Å². The Morgan fingerprint density at radius 3 is 2.80 bits per heavy atom. The lowest BCUT2D eigenvalue weighted by Crippen LogP contribution is -2.18. The molecule has 1 saturated heterocycles. The van der Waals surface area contributed by atoms with Crippen LogP contribution in [0.4, 0.5) is 0 Å². The predicted molar refractivity (Wildman–Crippen MR) is 37.3 cm³/mol. The van der Waals surface area contributed by atoms with Crippen molar-refractivity contribution >= 4 is 5.97 Å². The Morgan fingerprint density at radius 1 is 1.80 bits per heavy atom. The fourth-order valence-corrected chi connectivity index (χ4v) is 1.20. The van der Waals surface area contributed by atoms with E-state index < -0.39 is 0 Å². The Morgan fingerprint density at radius 2 is 2.50 bits per heavy atom. The van der Waals surface area contributed by atoms with Crippen LogP contribution in [0.25, 0.3) is 0 Å². The topological polar surface area (TPSA) is 52.3 Å². The van der Waals surface area contributed by atoms with Crippen LogP contribution in [0.3, 0.4) is 0 Å². The van der Waals surface area contributed by atoms with E-state index in [2.05, 4.69) is 0 Å². The number of rotatable bonds is 2. The molecule has 0 aliphatic carbocycles. The molecule has 2 atom stereocenters. The van der Waals surface area contributed by atoms with E-state index in [0.717, 1.165) is 12.8 Å². The largest absolute Gasteiger partial charge is 0.461 e. The summed E-state index contributed by atoms with van der Waals surface area (Å²) in [4.78, 5) is 10.9. The summed E-state index contributed by atoms with van der Waals surface area (Å²) in [5, 5.41) is 0. The summed E-state index contributed by atoms with van der Waals surface area (Å²) in [5.41, 5.74) is 5.34. The summed E-state index contributed by atoms with van der Waals surface area (Å²) >= 11 is 0. The molecule has 0 aromatic heterocycles. The van der Waals surface area contributed by atoms with Crippen molar-refractivity contribution in [3.8, 4) is 0 Å². The average molecular weight is 143 g/mol. The van der Waals surface area contributed by atoms with Crippen molar-refractivity contribution in [1.82, 2.24) is 0 Å². The molecule has 1 aliphatic heterocycles. The first-order valence-electron chi connectivity index (χ1n) is 3.68. The number of carbonyl (C=O) groups excluding carboxylic acids is 1. The van der Waals surface area contributed by atoms with Crippen molar-refractivity contribution in [2.75, 3.05) is 6.54 Å². The molecule has 2 N–H and O–H groups in total. The third kappa shape index (κ3) is 1.29. The van der Waals surface area contributed by atoms with Crippen LogP contribution in [0, 0.1) is 5.92 Å². The van der Waals surface area contributed by atoms with Gasteiger partial charge in [0.05, 0.1) is 5.92 Å². The summed E-state index contributed by atoms with van der Waals surface area (Å²) in [6, 6.07) is 0. The van der Waals surface area contributed by atoms with Gasteiger partial charge in [0.1, 0.15) is 6.10 Å². The summed E-state index contributed by atoms with van der Waals surface area (Å²) in [6.07, 6.45) is 1.67. The van der Waals surface area contributed by atoms with Gasteiger partial charge in [-0.2, -0.15) is 0 Å². The van der Waals surface area contributed by atoms with Gasteiger partial charge in [-0.1, -0.05) is 6.92 Å². The second kappa shape index (κ2) is 3.01. The second-order valence-electron chi connectivity index (χ2n) is 2.64. The Kier molecular flexibility index (Phi) is 2.27. The third-order valence-electron chi connectivity index (χ3n) is 1.92. The maximum absolute atomic E-state index is 10.9. The number of cyclic esters (lactones) is 1. The first kappa shape index (κ1) is 7.54. The molecule has 10 heavy (non-hydrogen) atoms. The van der Waals surface area contributed by atoms with Crippen molar-refractivity contribution in [3.63, 3.8) is 0 Å². The molecule has 0 amide bonds. The van der Waals surface area contributed by atoms with Crippen LogP contribution >= 0.6 is 0 Å². The quantitative estimate of drug-likeness (QED) is 0.565. The highest BCUT2D eigenvalue weighted by molar-refractivity contribution is 5.74. The molecular weight excluding hydrogens is 130 g/mol. The summed E-state index contributed by atoms with van der Waals surface area (Å²) in [6.45, 7) is 2.45. The first-order valence-corrected chi connectivity index (χ1v) is 3.68. The van der Waals surface area contributed by atoms with E-state index in [0.29, 0.717) is 6.54 Å². The molecule has 1 fully saturated rings. The fourth-order valence-electron chi connectivity index (χ4n) is 1.20. The van der Waals surface area contributed by atoms with Crippen LogP contribution in [-0.2, 0) is 9.53 Å². The molecule has 3 nitrogen and oxygen atoms in total. The van der Waals surface area contributed by atoms with Gasteiger partial charge in [0.25, 0.3) is 0 Å². The summed E-state index contributed by atoms with van der Waals surface area (Å²) < 4.78 is 4.95. The molecule has 1 aliphatic rings. The van der Waals surface area contributed by atoms with E-state index in [4.69, 9.17) is 10.5 Å². The zero-order chi connectivity index (χ0) is 7.56. The number of hydrogen-bond donors (Lipinski definition) is 1. The lowest BCUT2D eigenvalue weighted by atomic mass is 10.0. The SMILES string of the molecule is CC[C@@H]1C[C@@H](CN)OC1=O. The molecule has 0 aromatic rings. The van der Waals surface area contributed by atoms with Crippen LogP contribution in [0.5, 0.6) is 0 Å². The van der Waals surface area contributed by atoms with Crippen LogP contribution in [0.2, 0.25) is 0 Å². The smallest absolute Gasteiger partial charge is 0.309 e. The first-order chi connectivity index (χ1) is 4.77. The highest BCUT2D eigenvalue weighted by atomic mass is 16.6. The predicted octanol–water partition coefficient (Wildman–Crippen LogP) is 0.287. The van der Waals surface area contributed by atoms with Crippen molar-refractivity contribution in [2.24, 2.45) is 11.7 Å². The van der Waals surface area contributed by atoms with Crippen LogP contribution < -0.4 is 5.73 Å². The summed E-state index contributed by atoms with van der Waals surface area (Å²) in [5.74, 6) is 0.0338. The lowest BCUT2D eigenvalue weighted by molar-refractivity contribution is -0.144. The highest BCUT2D eigenvalue weighted by Gasteiger charge is 2.31. The van der Waals surface area contributed by atoms with E-state index in [1.165, 1.54) is 0 Å². The minimum Gasteiger partial charge on any atom is -0.461 e. The number of ether oxygens (including phenoxy) is 1. The number of esters is 1. The van der Waals surface area contributed by atoms with Gasteiger partial charge in [-0.15, -0.1) is 0 Å². The number of carbonyl (C=O) groups is 1. The van der Waals surface area contributed by atoms with Crippen molar-refractivity contribution in [3.05, 3.63) is 0 Å². The average Bonchev–Trinajstić information content (AvgIpc) is 2.30. The van der Waals surface area contributed by atoms with Crippen LogP contribution in [0.15, 0.2) is 0 Å². The van der Waals surface area contributed by atoms with Crippen molar-refractivity contribution < 1.29 is 9.53 Å². The van der Waals surface area contributed by atoms with Crippen LogP contribution in [-0.4, -0.2) is 18.6 Å². The molecule has 0 unspecified atom stereocenters. The normalized spacial score (nSPS) is 32.4. The Hall–Kier alpha value is -0.570. The minimum atomic E-state index is -0.0713. The van der Waals surface area contributed by atoms with Crippen molar-refractivity contribution in [1.29, 1.82) is 0 Å². The zero-order valence-electron chi connectivity index (χ0n) is 6.17. The second-order valence-corrected chi connectivity index (χ2v) is 2.64. The zero-order valence-corrected chi connectivity index (χ0v) is 6.17.